The minimum absolute atomic E-state index is 0.0365. The largest absolute Gasteiger partial charge is 0.462 e. The summed E-state index contributed by atoms with van der Waals surface area (Å²) in [6, 6.07) is 0. The fourth-order valence-corrected chi connectivity index (χ4v) is 8.86. The summed E-state index contributed by atoms with van der Waals surface area (Å²) in [6.45, 7) is 20.6. The molecule has 0 saturated heterocycles. The number of rotatable bonds is 2. The van der Waals surface area contributed by atoms with E-state index in [-0.39, 0.29) is 22.9 Å². The molecule has 2 nitrogen and oxygen atoms in total. The van der Waals surface area contributed by atoms with Crippen LogP contribution in [0.3, 0.4) is 0 Å². The van der Waals surface area contributed by atoms with Crippen LogP contribution in [0.25, 0.3) is 0 Å². The highest BCUT2D eigenvalue weighted by molar-refractivity contribution is 5.66. The molecule has 4 rings (SSSR count). The third-order valence-electron chi connectivity index (χ3n) is 10.6. The van der Waals surface area contributed by atoms with Crippen LogP contribution in [0.5, 0.6) is 0 Å². The van der Waals surface area contributed by atoms with Gasteiger partial charge in [-0.3, -0.25) is 4.79 Å². The number of carbonyl (C=O) groups excluding carboxylic acids is 1. The predicted octanol–water partition coefficient (Wildman–Crippen LogP) is 7.24. The molecular formula is C27H42O2. The van der Waals surface area contributed by atoms with Crippen LogP contribution < -0.4 is 0 Å². The Kier molecular flexibility index (Phi) is 4.73. The molecule has 0 aromatic rings. The second-order valence-electron chi connectivity index (χ2n) is 12.1. The molecule has 0 radical (unpaired) electrons. The molecule has 2 saturated carbocycles. The first-order chi connectivity index (χ1) is 13.4. The van der Waals surface area contributed by atoms with Gasteiger partial charge in [-0.25, -0.2) is 0 Å². The molecule has 4 aliphatic carbocycles. The predicted molar refractivity (Wildman–Crippen MR) is 119 cm³/mol. The normalized spacial score (nSPS) is 45.8. The number of fused-ring (bicyclic) bond motifs is 4. The second kappa shape index (κ2) is 6.47. The summed E-state index contributed by atoms with van der Waals surface area (Å²) in [4.78, 5) is 11.7. The molecule has 2 fully saturated rings. The van der Waals surface area contributed by atoms with Crippen molar-refractivity contribution >= 4 is 5.97 Å². The van der Waals surface area contributed by atoms with Gasteiger partial charge in [-0.15, -0.1) is 0 Å². The average Bonchev–Trinajstić information content (AvgIpc) is 2.89. The molecule has 0 aromatic heterocycles. The van der Waals surface area contributed by atoms with E-state index in [1.165, 1.54) is 44.1 Å². The van der Waals surface area contributed by atoms with Crippen molar-refractivity contribution in [1.82, 2.24) is 0 Å². The Bertz CT molecular complexity index is 773. The Labute approximate surface area is 178 Å². The minimum atomic E-state index is -0.125. The van der Waals surface area contributed by atoms with Gasteiger partial charge in [-0.05, 0) is 86.4 Å². The van der Waals surface area contributed by atoms with Gasteiger partial charge >= 0.3 is 5.97 Å². The third kappa shape index (κ3) is 2.69. The SMILES string of the molecule is C=C(C)C1CCC2(C)C3=C(CCC12C)C1(C)CCC(OC(C)=O)C(C)(C)C1CC3. The number of hydrogen-bond donors (Lipinski definition) is 0. The molecule has 0 aromatic carbocycles. The first-order valence-electron chi connectivity index (χ1n) is 11.9. The molecule has 0 amide bonds. The van der Waals surface area contributed by atoms with Gasteiger partial charge in [0, 0.05) is 12.3 Å². The molecule has 2 heteroatoms. The third-order valence-corrected chi connectivity index (χ3v) is 10.6. The molecule has 0 N–H and O–H groups in total. The molecule has 6 atom stereocenters. The van der Waals surface area contributed by atoms with Gasteiger partial charge in [0.05, 0.1) is 0 Å². The van der Waals surface area contributed by atoms with Crippen LogP contribution in [0.2, 0.25) is 0 Å². The molecule has 0 spiro atoms. The lowest BCUT2D eigenvalue weighted by molar-refractivity contribution is -0.167. The van der Waals surface area contributed by atoms with E-state index in [4.69, 9.17) is 4.74 Å². The fraction of sp³-hybridized carbons (Fsp3) is 0.815. The number of ether oxygens (including phenoxy) is 1. The van der Waals surface area contributed by atoms with Gasteiger partial charge in [0.15, 0.2) is 0 Å². The number of allylic oxidation sites excluding steroid dienone is 3. The van der Waals surface area contributed by atoms with Crippen molar-refractivity contribution in [2.24, 2.45) is 33.5 Å². The summed E-state index contributed by atoms with van der Waals surface area (Å²) in [6.07, 6.45) is 9.88. The summed E-state index contributed by atoms with van der Waals surface area (Å²) in [5.41, 5.74) is 6.00. The molecule has 0 bridgehead atoms. The standard InChI is InChI=1S/C27H42O2/c1-17(2)19-11-15-27(8)21-9-10-22-24(4,5)23(29-18(3)28)13-14-25(22,6)20(21)12-16-26(19,27)7/h19,22-23H,1,9-16H2,2-8H3. The van der Waals surface area contributed by atoms with Gasteiger partial charge in [0.25, 0.3) is 0 Å². The Morgan fingerprint density at radius 3 is 2.24 bits per heavy atom. The van der Waals surface area contributed by atoms with E-state index in [0.717, 1.165) is 12.8 Å². The van der Waals surface area contributed by atoms with Crippen LogP contribution in [0.15, 0.2) is 23.3 Å². The number of carbonyl (C=O) groups is 1. The summed E-state index contributed by atoms with van der Waals surface area (Å²) in [5, 5.41) is 0. The van der Waals surface area contributed by atoms with Gasteiger partial charge < -0.3 is 4.74 Å². The smallest absolute Gasteiger partial charge is 0.302 e. The van der Waals surface area contributed by atoms with Crippen LogP contribution in [-0.2, 0) is 9.53 Å². The molecule has 4 aliphatic rings. The Morgan fingerprint density at radius 2 is 1.62 bits per heavy atom. The highest BCUT2D eigenvalue weighted by Gasteiger charge is 2.63. The fourth-order valence-electron chi connectivity index (χ4n) is 8.86. The maximum absolute atomic E-state index is 11.7. The minimum Gasteiger partial charge on any atom is -0.462 e. The van der Waals surface area contributed by atoms with E-state index in [1.807, 2.05) is 5.57 Å². The second-order valence-corrected chi connectivity index (χ2v) is 12.1. The zero-order valence-electron chi connectivity index (χ0n) is 19.9. The zero-order valence-corrected chi connectivity index (χ0v) is 19.9. The summed E-state index contributed by atoms with van der Waals surface area (Å²) >= 11 is 0. The maximum Gasteiger partial charge on any atom is 0.302 e. The molecular weight excluding hydrogens is 356 g/mol. The van der Waals surface area contributed by atoms with Gasteiger partial charge in [0.2, 0.25) is 0 Å². The highest BCUT2D eigenvalue weighted by Crippen LogP contribution is 2.72. The maximum atomic E-state index is 11.7. The van der Waals surface area contributed by atoms with Crippen LogP contribution >= 0.6 is 0 Å². The Morgan fingerprint density at radius 1 is 0.931 bits per heavy atom. The van der Waals surface area contributed by atoms with E-state index >= 15 is 0 Å². The molecule has 6 unspecified atom stereocenters. The average molecular weight is 399 g/mol. The molecule has 0 aliphatic heterocycles. The van der Waals surface area contributed by atoms with Crippen molar-refractivity contribution in [3.05, 3.63) is 23.3 Å². The zero-order chi connectivity index (χ0) is 21.4. The van der Waals surface area contributed by atoms with E-state index in [0.29, 0.717) is 22.7 Å². The Hall–Kier alpha value is -1.05. The van der Waals surface area contributed by atoms with E-state index in [1.54, 1.807) is 12.5 Å². The van der Waals surface area contributed by atoms with Crippen molar-refractivity contribution in [3.8, 4) is 0 Å². The van der Waals surface area contributed by atoms with Crippen LogP contribution in [-0.4, -0.2) is 12.1 Å². The topological polar surface area (TPSA) is 26.3 Å². The van der Waals surface area contributed by atoms with Crippen molar-refractivity contribution < 1.29 is 9.53 Å². The Balaban J connectivity index is 1.74. The molecule has 29 heavy (non-hydrogen) atoms. The van der Waals surface area contributed by atoms with Crippen LogP contribution in [0.4, 0.5) is 0 Å². The first-order valence-corrected chi connectivity index (χ1v) is 11.9. The van der Waals surface area contributed by atoms with E-state index < -0.39 is 0 Å². The van der Waals surface area contributed by atoms with Gasteiger partial charge in [-0.2, -0.15) is 0 Å². The molecule has 0 heterocycles. The summed E-state index contributed by atoms with van der Waals surface area (Å²) in [5.74, 6) is 1.14. The summed E-state index contributed by atoms with van der Waals surface area (Å²) < 4.78 is 5.82. The molecule has 162 valence electrons. The van der Waals surface area contributed by atoms with Crippen molar-refractivity contribution in [3.63, 3.8) is 0 Å². The number of esters is 1. The number of hydrogen-bond acceptors (Lipinski definition) is 2. The van der Waals surface area contributed by atoms with Crippen LogP contribution in [0, 0.1) is 33.5 Å². The van der Waals surface area contributed by atoms with Crippen LogP contribution in [0.1, 0.15) is 99.8 Å². The van der Waals surface area contributed by atoms with Crippen molar-refractivity contribution in [2.45, 2.75) is 106 Å². The van der Waals surface area contributed by atoms with E-state index in [9.17, 15) is 4.79 Å². The van der Waals surface area contributed by atoms with Crippen molar-refractivity contribution in [2.75, 3.05) is 0 Å². The summed E-state index contributed by atoms with van der Waals surface area (Å²) in [7, 11) is 0. The monoisotopic (exact) mass is 398 g/mol. The first kappa shape index (κ1) is 21.2. The van der Waals surface area contributed by atoms with E-state index in [2.05, 4.69) is 48.1 Å². The van der Waals surface area contributed by atoms with Gasteiger partial charge in [-0.1, -0.05) is 57.9 Å². The highest BCUT2D eigenvalue weighted by atomic mass is 16.5. The van der Waals surface area contributed by atoms with Gasteiger partial charge in [0.1, 0.15) is 6.10 Å². The lowest BCUT2D eigenvalue weighted by Crippen LogP contribution is -2.55. The lowest BCUT2D eigenvalue weighted by Gasteiger charge is -2.62. The quantitative estimate of drug-likeness (QED) is 0.362. The van der Waals surface area contributed by atoms with Crippen molar-refractivity contribution in [1.29, 1.82) is 0 Å². The lowest BCUT2D eigenvalue weighted by atomic mass is 9.43.